The zero-order valence-electron chi connectivity index (χ0n) is 18.2. The Hall–Kier alpha value is -3.34. The van der Waals surface area contributed by atoms with Crippen molar-refractivity contribution in [2.24, 2.45) is 5.92 Å². The van der Waals surface area contributed by atoms with Crippen LogP contribution in [0.25, 0.3) is 11.1 Å². The number of benzene rings is 2. The van der Waals surface area contributed by atoms with Gasteiger partial charge in [-0.3, -0.25) is 4.79 Å². The van der Waals surface area contributed by atoms with E-state index in [0.717, 1.165) is 67.2 Å². The molecule has 2 aromatic carbocycles. The molecule has 5 nitrogen and oxygen atoms in total. The number of para-hydroxylation sites is 1. The van der Waals surface area contributed by atoms with Crippen molar-refractivity contribution in [1.29, 1.82) is 0 Å². The van der Waals surface area contributed by atoms with Gasteiger partial charge < -0.3 is 15.0 Å². The topological polar surface area (TPSA) is 54.5 Å². The van der Waals surface area contributed by atoms with Crippen LogP contribution in [0.15, 0.2) is 72.9 Å². The first-order valence-electron chi connectivity index (χ1n) is 11.6. The van der Waals surface area contributed by atoms with E-state index in [9.17, 15) is 4.79 Å². The van der Waals surface area contributed by atoms with Crippen molar-refractivity contribution < 1.29 is 9.53 Å². The molecule has 3 aromatic rings. The smallest absolute Gasteiger partial charge is 0.225 e. The average molecular weight is 428 g/mol. The maximum atomic E-state index is 12.4. The molecule has 164 valence electrons. The summed E-state index contributed by atoms with van der Waals surface area (Å²) in [5.74, 6) is 2.35. The van der Waals surface area contributed by atoms with E-state index in [1.807, 2.05) is 59.6 Å². The van der Waals surface area contributed by atoms with Crippen LogP contribution in [0.5, 0.6) is 5.75 Å². The second kappa shape index (κ2) is 9.43. The van der Waals surface area contributed by atoms with Gasteiger partial charge in [-0.25, -0.2) is 4.98 Å². The first-order valence-corrected chi connectivity index (χ1v) is 11.6. The zero-order valence-corrected chi connectivity index (χ0v) is 18.2. The molecule has 2 heterocycles. The number of pyridine rings is 1. The molecule has 0 spiro atoms. The molecule has 2 fully saturated rings. The number of likely N-dealkylation sites (tertiary alicyclic amines) is 1. The van der Waals surface area contributed by atoms with Crippen LogP contribution >= 0.6 is 0 Å². The summed E-state index contributed by atoms with van der Waals surface area (Å²) in [6.45, 7) is 1.63. The number of hydrogen-bond acceptors (Lipinski definition) is 4. The van der Waals surface area contributed by atoms with Gasteiger partial charge in [0.25, 0.3) is 0 Å². The highest BCUT2D eigenvalue weighted by molar-refractivity contribution is 5.79. The summed E-state index contributed by atoms with van der Waals surface area (Å²) in [5.41, 5.74) is 3.20. The van der Waals surface area contributed by atoms with Crippen molar-refractivity contribution in [1.82, 2.24) is 9.88 Å². The van der Waals surface area contributed by atoms with Crippen LogP contribution in [0.2, 0.25) is 0 Å². The first kappa shape index (κ1) is 20.6. The number of carbonyl (C=O) groups is 1. The number of hydrogen-bond donors (Lipinski definition) is 1. The van der Waals surface area contributed by atoms with Crippen LogP contribution in [0, 0.1) is 5.92 Å². The molecule has 1 aliphatic heterocycles. The number of carbonyl (C=O) groups excluding carboxylic acids is 1. The number of piperidine rings is 1. The minimum atomic E-state index is 0.177. The van der Waals surface area contributed by atoms with Crippen LogP contribution in [-0.4, -0.2) is 35.0 Å². The third kappa shape index (κ3) is 4.77. The molecule has 2 aliphatic rings. The summed E-state index contributed by atoms with van der Waals surface area (Å²) in [5, 5.41) is 3.30. The maximum Gasteiger partial charge on any atom is 0.225 e. The molecular formula is C27H29N3O2. The molecule has 1 aliphatic carbocycles. The van der Waals surface area contributed by atoms with Crippen molar-refractivity contribution >= 4 is 17.4 Å². The van der Waals surface area contributed by atoms with Crippen LogP contribution in [-0.2, 0) is 4.79 Å². The molecule has 1 aromatic heterocycles. The van der Waals surface area contributed by atoms with Gasteiger partial charge in [-0.15, -0.1) is 0 Å². The Morgan fingerprint density at radius 3 is 2.22 bits per heavy atom. The van der Waals surface area contributed by atoms with E-state index in [4.69, 9.17) is 4.74 Å². The molecule has 1 saturated carbocycles. The lowest BCUT2D eigenvalue weighted by atomic mass is 9.84. The molecular weight excluding hydrogens is 398 g/mol. The molecule has 1 amide bonds. The molecule has 0 radical (unpaired) electrons. The van der Waals surface area contributed by atoms with Crippen LogP contribution < -0.4 is 10.1 Å². The number of rotatable bonds is 6. The highest BCUT2D eigenvalue weighted by atomic mass is 16.5. The normalized spacial score (nSPS) is 16.9. The predicted octanol–water partition coefficient (Wildman–Crippen LogP) is 5.66. The number of nitrogens with zero attached hydrogens (tertiary/aromatic N) is 2. The number of anilines is 2. The Labute approximate surface area is 189 Å². The van der Waals surface area contributed by atoms with Gasteiger partial charge in [0.1, 0.15) is 17.7 Å². The van der Waals surface area contributed by atoms with Crippen molar-refractivity contribution in [2.75, 3.05) is 18.4 Å². The van der Waals surface area contributed by atoms with Crippen molar-refractivity contribution in [3.8, 4) is 16.9 Å². The standard InChI is InChI=1S/C27H29N3O2/c31-27(21-5-4-6-21)30-17-15-25(16-18-30)32-24-12-9-20(10-13-24)22-11-14-26(28-19-22)29-23-7-2-1-3-8-23/h1-3,7-14,19,21,25H,4-6,15-18H2,(H,28,29). The summed E-state index contributed by atoms with van der Waals surface area (Å²) in [6, 6.07) is 22.3. The summed E-state index contributed by atoms with van der Waals surface area (Å²) < 4.78 is 6.20. The first-order chi connectivity index (χ1) is 15.7. The monoisotopic (exact) mass is 427 g/mol. The predicted molar refractivity (Wildman–Crippen MR) is 127 cm³/mol. The Bertz CT molecular complexity index is 1020. The number of nitrogens with one attached hydrogen (secondary N) is 1. The molecule has 5 rings (SSSR count). The third-order valence-electron chi connectivity index (χ3n) is 6.51. The van der Waals surface area contributed by atoms with E-state index in [0.29, 0.717) is 5.91 Å². The summed E-state index contributed by atoms with van der Waals surface area (Å²) in [4.78, 5) is 19.0. The van der Waals surface area contributed by atoms with Gasteiger partial charge in [0.05, 0.1) is 0 Å². The number of aromatic nitrogens is 1. The lowest BCUT2D eigenvalue weighted by Gasteiger charge is -2.36. The van der Waals surface area contributed by atoms with E-state index in [1.54, 1.807) is 0 Å². The van der Waals surface area contributed by atoms with Crippen LogP contribution in [0.1, 0.15) is 32.1 Å². The zero-order chi connectivity index (χ0) is 21.8. The Kier molecular flexibility index (Phi) is 6.06. The fourth-order valence-corrected chi connectivity index (χ4v) is 4.33. The molecule has 0 bridgehead atoms. The second-order valence-electron chi connectivity index (χ2n) is 8.72. The van der Waals surface area contributed by atoms with E-state index < -0.39 is 0 Å². The molecule has 5 heteroatoms. The number of ether oxygens (including phenoxy) is 1. The molecule has 0 unspecified atom stereocenters. The van der Waals surface area contributed by atoms with E-state index in [1.165, 1.54) is 6.42 Å². The van der Waals surface area contributed by atoms with Gasteiger partial charge in [0.15, 0.2) is 0 Å². The highest BCUT2D eigenvalue weighted by Gasteiger charge is 2.32. The van der Waals surface area contributed by atoms with Crippen LogP contribution in [0.4, 0.5) is 11.5 Å². The van der Waals surface area contributed by atoms with E-state index in [2.05, 4.69) is 28.5 Å². The van der Waals surface area contributed by atoms with Crippen molar-refractivity contribution in [3.05, 3.63) is 72.9 Å². The van der Waals surface area contributed by atoms with Gasteiger partial charge in [0, 0.05) is 49.3 Å². The van der Waals surface area contributed by atoms with Crippen molar-refractivity contribution in [3.63, 3.8) is 0 Å². The lowest BCUT2D eigenvalue weighted by Crippen LogP contribution is -2.45. The quantitative estimate of drug-likeness (QED) is 0.551. The second-order valence-corrected chi connectivity index (χ2v) is 8.72. The minimum absolute atomic E-state index is 0.177. The average Bonchev–Trinajstić information content (AvgIpc) is 2.80. The van der Waals surface area contributed by atoms with Gasteiger partial charge in [-0.1, -0.05) is 36.8 Å². The highest BCUT2D eigenvalue weighted by Crippen LogP contribution is 2.30. The van der Waals surface area contributed by atoms with Gasteiger partial charge in [0.2, 0.25) is 5.91 Å². The summed E-state index contributed by atoms with van der Waals surface area (Å²) in [7, 11) is 0. The number of amides is 1. The Morgan fingerprint density at radius 1 is 0.875 bits per heavy atom. The van der Waals surface area contributed by atoms with Gasteiger partial charge >= 0.3 is 0 Å². The summed E-state index contributed by atoms with van der Waals surface area (Å²) >= 11 is 0. The maximum absolute atomic E-state index is 12.4. The fraction of sp³-hybridized carbons (Fsp3) is 0.333. The minimum Gasteiger partial charge on any atom is -0.490 e. The Balaban J connectivity index is 1.14. The molecule has 32 heavy (non-hydrogen) atoms. The SMILES string of the molecule is O=C(C1CCC1)N1CCC(Oc2ccc(-c3ccc(Nc4ccccc4)nc3)cc2)CC1. The van der Waals surface area contributed by atoms with Gasteiger partial charge in [-0.2, -0.15) is 0 Å². The van der Waals surface area contributed by atoms with Gasteiger partial charge in [-0.05, 0) is 54.8 Å². The molecule has 0 atom stereocenters. The lowest BCUT2D eigenvalue weighted by molar-refractivity contribution is -0.140. The third-order valence-corrected chi connectivity index (χ3v) is 6.51. The fourth-order valence-electron chi connectivity index (χ4n) is 4.33. The van der Waals surface area contributed by atoms with E-state index >= 15 is 0 Å². The largest absolute Gasteiger partial charge is 0.490 e. The van der Waals surface area contributed by atoms with E-state index in [-0.39, 0.29) is 12.0 Å². The Morgan fingerprint density at radius 2 is 1.59 bits per heavy atom. The van der Waals surface area contributed by atoms with Crippen molar-refractivity contribution in [2.45, 2.75) is 38.2 Å². The summed E-state index contributed by atoms with van der Waals surface area (Å²) in [6.07, 6.45) is 7.22. The molecule has 1 N–H and O–H groups in total. The molecule has 1 saturated heterocycles. The van der Waals surface area contributed by atoms with Crippen LogP contribution in [0.3, 0.4) is 0 Å².